The molecule has 24 heavy (non-hydrogen) atoms. The van der Waals surface area contributed by atoms with Crippen LogP contribution in [0.2, 0.25) is 0 Å². The first-order valence-corrected chi connectivity index (χ1v) is 8.59. The predicted octanol–water partition coefficient (Wildman–Crippen LogP) is 1.12. The van der Waals surface area contributed by atoms with Crippen LogP contribution in [-0.2, 0) is 9.59 Å². The zero-order chi connectivity index (χ0) is 17.4. The maximum Gasteiger partial charge on any atom is 0.234 e. The Bertz CT molecular complexity index is 556. The molecule has 0 atom stereocenters. The van der Waals surface area contributed by atoms with Gasteiger partial charge in [-0.15, -0.1) is 0 Å². The molecule has 6 nitrogen and oxygen atoms in total. The van der Waals surface area contributed by atoms with Gasteiger partial charge in [0.05, 0.1) is 6.54 Å². The van der Waals surface area contributed by atoms with Crippen LogP contribution >= 0.6 is 0 Å². The van der Waals surface area contributed by atoms with Crippen LogP contribution in [0.5, 0.6) is 0 Å². The maximum absolute atomic E-state index is 12.0. The van der Waals surface area contributed by atoms with Crippen molar-refractivity contribution in [3.63, 3.8) is 0 Å². The minimum Gasteiger partial charge on any atom is -0.354 e. The van der Waals surface area contributed by atoms with Crippen LogP contribution in [0.3, 0.4) is 0 Å². The van der Waals surface area contributed by atoms with Crippen LogP contribution in [0, 0.1) is 6.92 Å². The van der Waals surface area contributed by atoms with Gasteiger partial charge in [0.2, 0.25) is 11.8 Å². The third-order valence-corrected chi connectivity index (χ3v) is 4.30. The minimum absolute atomic E-state index is 0.0283. The van der Waals surface area contributed by atoms with Gasteiger partial charge in [-0.1, -0.05) is 12.1 Å². The zero-order valence-electron chi connectivity index (χ0n) is 14.6. The van der Waals surface area contributed by atoms with Crippen LogP contribution in [0.25, 0.3) is 0 Å². The van der Waals surface area contributed by atoms with E-state index in [1.807, 2.05) is 38.2 Å². The maximum atomic E-state index is 12.0. The summed E-state index contributed by atoms with van der Waals surface area (Å²) >= 11 is 0. The molecule has 1 aromatic carbocycles. The molecule has 0 bridgehead atoms. The average molecular weight is 332 g/mol. The number of aryl methyl sites for hydroxylation is 1. The summed E-state index contributed by atoms with van der Waals surface area (Å²) in [6.07, 6.45) is 2.42. The highest BCUT2D eigenvalue weighted by atomic mass is 16.2. The fraction of sp³-hybridized carbons (Fsp3) is 0.556. The van der Waals surface area contributed by atoms with Crippen LogP contribution in [0.15, 0.2) is 24.3 Å². The number of benzene rings is 1. The average Bonchev–Trinajstić information content (AvgIpc) is 2.55. The summed E-state index contributed by atoms with van der Waals surface area (Å²) in [5.41, 5.74) is 1.89. The Labute approximate surface area is 144 Å². The van der Waals surface area contributed by atoms with Crippen molar-refractivity contribution in [1.29, 1.82) is 0 Å². The number of hydrogen-bond acceptors (Lipinski definition) is 4. The van der Waals surface area contributed by atoms with Gasteiger partial charge in [0.1, 0.15) is 0 Å². The third kappa shape index (κ3) is 6.29. The number of rotatable bonds is 7. The van der Waals surface area contributed by atoms with Gasteiger partial charge in [-0.3, -0.25) is 14.5 Å². The van der Waals surface area contributed by atoms with Gasteiger partial charge in [0.15, 0.2) is 0 Å². The molecule has 1 saturated heterocycles. The first kappa shape index (κ1) is 18.4. The molecule has 3 N–H and O–H groups in total. The van der Waals surface area contributed by atoms with Gasteiger partial charge in [-0.25, -0.2) is 0 Å². The topological polar surface area (TPSA) is 73.5 Å². The number of piperidine rings is 1. The van der Waals surface area contributed by atoms with Gasteiger partial charge in [-0.2, -0.15) is 0 Å². The first-order chi connectivity index (χ1) is 11.5. The summed E-state index contributed by atoms with van der Waals surface area (Å²) in [6, 6.07) is 8.13. The number of nitrogens with one attached hydrogen (secondary N) is 3. The van der Waals surface area contributed by atoms with Crippen molar-refractivity contribution in [1.82, 2.24) is 15.5 Å². The molecule has 0 aliphatic carbocycles. The monoisotopic (exact) mass is 332 g/mol. The van der Waals surface area contributed by atoms with E-state index >= 15 is 0 Å². The Morgan fingerprint density at radius 2 is 2.00 bits per heavy atom. The lowest BCUT2D eigenvalue weighted by Gasteiger charge is -2.31. The first-order valence-electron chi connectivity index (χ1n) is 8.59. The summed E-state index contributed by atoms with van der Waals surface area (Å²) in [4.78, 5) is 26.0. The van der Waals surface area contributed by atoms with Crippen molar-refractivity contribution in [3.8, 4) is 0 Å². The van der Waals surface area contributed by atoms with E-state index in [-0.39, 0.29) is 18.2 Å². The van der Waals surface area contributed by atoms with Crippen LogP contribution in [0.4, 0.5) is 5.69 Å². The largest absolute Gasteiger partial charge is 0.354 e. The molecule has 132 valence electrons. The molecule has 0 spiro atoms. The van der Waals surface area contributed by atoms with Crippen molar-refractivity contribution in [2.75, 3.05) is 38.5 Å². The molecule has 2 amide bonds. The second-order valence-electron chi connectivity index (χ2n) is 6.41. The van der Waals surface area contributed by atoms with E-state index < -0.39 is 0 Å². The zero-order valence-corrected chi connectivity index (χ0v) is 14.6. The molecule has 0 aromatic heterocycles. The molecule has 6 heteroatoms. The molecule has 0 radical (unpaired) electrons. The molecule has 0 unspecified atom stereocenters. The Morgan fingerprint density at radius 1 is 1.25 bits per heavy atom. The van der Waals surface area contributed by atoms with E-state index in [0.29, 0.717) is 19.1 Å². The molecule has 1 aliphatic rings. The minimum atomic E-state index is -0.0902. The molecule has 1 aromatic rings. The number of amides is 2. The Balaban J connectivity index is 1.63. The van der Waals surface area contributed by atoms with E-state index in [9.17, 15) is 9.59 Å². The van der Waals surface area contributed by atoms with Crippen molar-refractivity contribution in [2.45, 2.75) is 32.2 Å². The SMILES string of the molecule is Cc1cccc(NC(=O)CCNC(=O)CN(C)C2CCNCC2)c1. The lowest BCUT2D eigenvalue weighted by Crippen LogP contribution is -2.45. The number of hydrogen-bond donors (Lipinski definition) is 3. The number of nitrogens with zero attached hydrogens (tertiary/aromatic N) is 1. The number of carbonyl (C=O) groups excluding carboxylic acids is 2. The Hall–Kier alpha value is -1.92. The van der Waals surface area contributed by atoms with Crippen molar-refractivity contribution < 1.29 is 9.59 Å². The van der Waals surface area contributed by atoms with Crippen molar-refractivity contribution in [3.05, 3.63) is 29.8 Å². The van der Waals surface area contributed by atoms with Gasteiger partial charge >= 0.3 is 0 Å². The summed E-state index contributed by atoms with van der Waals surface area (Å²) in [5.74, 6) is -0.119. The molecular formula is C18H28N4O2. The van der Waals surface area contributed by atoms with Crippen LogP contribution in [0.1, 0.15) is 24.8 Å². The summed E-state index contributed by atoms with van der Waals surface area (Å²) in [7, 11) is 1.99. The number of likely N-dealkylation sites (N-methyl/N-ethyl adjacent to an activating group) is 1. The highest BCUT2D eigenvalue weighted by Gasteiger charge is 2.19. The molecule has 1 aliphatic heterocycles. The lowest BCUT2D eigenvalue weighted by molar-refractivity contribution is -0.122. The fourth-order valence-corrected chi connectivity index (χ4v) is 2.92. The summed E-state index contributed by atoms with van der Waals surface area (Å²) in [5, 5.41) is 8.99. The Morgan fingerprint density at radius 3 is 2.71 bits per heavy atom. The predicted molar refractivity (Wildman–Crippen MR) is 96.0 cm³/mol. The van der Waals surface area contributed by atoms with E-state index in [2.05, 4.69) is 20.9 Å². The normalized spacial score (nSPS) is 15.3. The second-order valence-corrected chi connectivity index (χ2v) is 6.41. The van der Waals surface area contributed by atoms with E-state index in [1.54, 1.807) is 0 Å². The molecule has 0 saturated carbocycles. The van der Waals surface area contributed by atoms with Crippen molar-refractivity contribution >= 4 is 17.5 Å². The molecule has 1 heterocycles. The van der Waals surface area contributed by atoms with Gasteiger partial charge < -0.3 is 16.0 Å². The highest BCUT2D eigenvalue weighted by Crippen LogP contribution is 2.10. The highest BCUT2D eigenvalue weighted by molar-refractivity contribution is 5.91. The standard InChI is InChI=1S/C18H28N4O2/c1-14-4-3-5-15(12-14)21-17(23)8-11-20-18(24)13-22(2)16-6-9-19-10-7-16/h3-5,12,16,19H,6-11,13H2,1-2H3,(H,20,24)(H,21,23). The molecule has 1 fully saturated rings. The third-order valence-electron chi connectivity index (χ3n) is 4.30. The number of anilines is 1. The van der Waals surface area contributed by atoms with E-state index in [1.165, 1.54) is 0 Å². The van der Waals surface area contributed by atoms with E-state index in [4.69, 9.17) is 0 Å². The van der Waals surface area contributed by atoms with Crippen molar-refractivity contribution in [2.24, 2.45) is 0 Å². The molecular weight excluding hydrogens is 304 g/mol. The lowest BCUT2D eigenvalue weighted by atomic mass is 10.1. The van der Waals surface area contributed by atoms with Gasteiger partial charge in [0.25, 0.3) is 0 Å². The van der Waals surface area contributed by atoms with Crippen LogP contribution < -0.4 is 16.0 Å². The van der Waals surface area contributed by atoms with E-state index in [0.717, 1.165) is 37.2 Å². The summed E-state index contributed by atoms with van der Waals surface area (Å²) in [6.45, 7) is 4.74. The van der Waals surface area contributed by atoms with Gasteiger partial charge in [0, 0.05) is 24.7 Å². The van der Waals surface area contributed by atoms with Crippen LogP contribution in [-0.4, -0.2) is 56.0 Å². The summed E-state index contributed by atoms with van der Waals surface area (Å²) < 4.78 is 0. The number of carbonyl (C=O) groups is 2. The van der Waals surface area contributed by atoms with Gasteiger partial charge in [-0.05, 0) is 57.6 Å². The molecule has 2 rings (SSSR count). The quantitative estimate of drug-likeness (QED) is 0.700. The fourth-order valence-electron chi connectivity index (χ4n) is 2.92. The Kier molecular flexibility index (Phi) is 7.21. The smallest absolute Gasteiger partial charge is 0.234 e. The second kappa shape index (κ2) is 9.39.